The average molecular weight is 483 g/mol. The van der Waals surface area contributed by atoms with E-state index in [0.717, 1.165) is 78.4 Å². The van der Waals surface area contributed by atoms with Crippen molar-refractivity contribution < 1.29 is 0 Å². The molecule has 186 valence electrons. The molecule has 0 aliphatic carbocycles. The van der Waals surface area contributed by atoms with Crippen LogP contribution in [-0.4, -0.2) is 74.7 Å². The smallest absolute Gasteiger partial charge is 0.181 e. The van der Waals surface area contributed by atoms with Gasteiger partial charge in [0.25, 0.3) is 0 Å². The van der Waals surface area contributed by atoms with Gasteiger partial charge in [-0.1, -0.05) is 19.6 Å². The normalized spacial score (nSPS) is 15.1. The second-order valence-corrected chi connectivity index (χ2v) is 9.36. The zero-order valence-corrected chi connectivity index (χ0v) is 21.3. The van der Waals surface area contributed by atoms with Gasteiger partial charge in [-0.3, -0.25) is 10.1 Å². The third-order valence-corrected chi connectivity index (χ3v) is 6.80. The van der Waals surface area contributed by atoms with E-state index in [9.17, 15) is 0 Å². The number of H-pyrrole nitrogens is 2. The van der Waals surface area contributed by atoms with Crippen molar-refractivity contribution in [3.05, 3.63) is 72.3 Å². The van der Waals surface area contributed by atoms with Crippen molar-refractivity contribution >= 4 is 16.7 Å². The number of nitrogens with one attached hydrogen (secondary N) is 3. The van der Waals surface area contributed by atoms with E-state index in [-0.39, 0.29) is 0 Å². The Kier molecular flexibility index (Phi) is 6.97. The Morgan fingerprint density at radius 3 is 2.69 bits per heavy atom. The van der Waals surface area contributed by atoms with E-state index in [1.54, 1.807) is 0 Å². The van der Waals surface area contributed by atoms with Crippen LogP contribution >= 0.6 is 0 Å². The summed E-state index contributed by atoms with van der Waals surface area (Å²) < 4.78 is 0. The molecule has 8 nitrogen and oxygen atoms in total. The Hall–Kier alpha value is -3.75. The number of pyridine rings is 2. The number of likely N-dealkylation sites (N-methyl/N-ethyl adjacent to an activating group) is 1. The highest BCUT2D eigenvalue weighted by Crippen LogP contribution is 2.33. The molecule has 0 radical (unpaired) electrons. The Bertz CT molecular complexity index is 1390. The van der Waals surface area contributed by atoms with Crippen LogP contribution in [0, 0.1) is 6.92 Å². The van der Waals surface area contributed by atoms with Crippen LogP contribution in [0.4, 0.5) is 0 Å². The molecule has 3 N–H and O–H groups in total. The molecule has 0 saturated carbocycles. The van der Waals surface area contributed by atoms with Crippen LogP contribution in [0.5, 0.6) is 0 Å². The van der Waals surface area contributed by atoms with Crippen molar-refractivity contribution in [3.8, 4) is 22.5 Å². The monoisotopic (exact) mass is 482 g/mol. The van der Waals surface area contributed by atoms with Gasteiger partial charge in [0.2, 0.25) is 0 Å². The Labute approximate surface area is 212 Å². The summed E-state index contributed by atoms with van der Waals surface area (Å²) in [5.74, 6) is 0. The zero-order chi connectivity index (χ0) is 25.1. The second kappa shape index (κ2) is 10.5. The third-order valence-electron chi connectivity index (χ3n) is 6.80. The lowest BCUT2D eigenvalue weighted by atomic mass is 10.1. The Morgan fingerprint density at radius 1 is 1.11 bits per heavy atom. The first-order valence-corrected chi connectivity index (χ1v) is 12.5. The average Bonchev–Trinajstić information content (AvgIpc) is 3.49. The van der Waals surface area contributed by atoms with Crippen LogP contribution in [-0.2, 0) is 6.54 Å². The summed E-state index contributed by atoms with van der Waals surface area (Å²) in [5, 5.41) is 12.0. The van der Waals surface area contributed by atoms with E-state index in [0.29, 0.717) is 5.65 Å². The lowest BCUT2D eigenvalue weighted by Crippen LogP contribution is -2.43. The minimum atomic E-state index is 0.695. The number of fused-ring (bicyclic) bond motifs is 1. The standard InChI is InChI=1S/C28H34N8/c1-5-7-26(36-10-8-35(4)9-11-36)23-14-25(32-19(23)3)27-24-13-22(18-31-28(24)34-33-27)21-12-20(15-29-6-2)16-30-17-21/h5,7,12-14,16-18,29,32H,1,6,8-11,15H2,2-4H3,(H,31,33,34)/b26-7+. The van der Waals surface area contributed by atoms with E-state index in [2.05, 4.69) is 92.0 Å². The fraction of sp³-hybridized carbons (Fsp3) is 0.321. The Morgan fingerprint density at radius 2 is 1.92 bits per heavy atom. The summed E-state index contributed by atoms with van der Waals surface area (Å²) in [6.45, 7) is 14.0. The molecule has 1 fully saturated rings. The highest BCUT2D eigenvalue weighted by molar-refractivity contribution is 5.93. The van der Waals surface area contributed by atoms with E-state index in [4.69, 9.17) is 0 Å². The van der Waals surface area contributed by atoms with Crippen LogP contribution in [0.1, 0.15) is 23.7 Å². The molecule has 0 spiro atoms. The predicted molar refractivity (Wildman–Crippen MR) is 146 cm³/mol. The van der Waals surface area contributed by atoms with Gasteiger partial charge in [0.1, 0.15) is 0 Å². The molecule has 4 aromatic heterocycles. The fourth-order valence-corrected chi connectivity index (χ4v) is 4.76. The summed E-state index contributed by atoms with van der Waals surface area (Å²) in [6, 6.07) is 6.52. The SMILES string of the molecule is C=C/C=C(\c1cc(-c2[nH]nc3ncc(-c4cncc(CNCC)c4)cc23)[nH]c1C)N1CCN(C)CC1. The molecule has 5 rings (SSSR count). The van der Waals surface area contributed by atoms with Crippen molar-refractivity contribution in [2.75, 3.05) is 39.8 Å². The minimum absolute atomic E-state index is 0.695. The molecule has 0 aromatic carbocycles. The van der Waals surface area contributed by atoms with Crippen LogP contribution in [0.15, 0.2) is 55.5 Å². The highest BCUT2D eigenvalue weighted by atomic mass is 15.3. The summed E-state index contributed by atoms with van der Waals surface area (Å²) in [4.78, 5) is 17.5. The minimum Gasteiger partial charge on any atom is -0.368 e. The van der Waals surface area contributed by atoms with Crippen LogP contribution in [0.25, 0.3) is 39.2 Å². The first-order valence-electron chi connectivity index (χ1n) is 12.5. The quantitative estimate of drug-likeness (QED) is 0.326. The molecule has 8 heteroatoms. The highest BCUT2D eigenvalue weighted by Gasteiger charge is 2.21. The van der Waals surface area contributed by atoms with E-state index in [1.807, 2.05) is 24.7 Å². The summed E-state index contributed by atoms with van der Waals surface area (Å²) in [5.41, 5.74) is 9.33. The molecule has 1 saturated heterocycles. The lowest BCUT2D eigenvalue weighted by molar-refractivity contribution is 0.207. The number of aryl methyl sites for hydroxylation is 1. The number of nitrogens with zero attached hydrogens (tertiary/aromatic N) is 5. The summed E-state index contributed by atoms with van der Waals surface area (Å²) in [6.07, 6.45) is 9.64. The number of aromatic nitrogens is 5. The number of piperazine rings is 1. The maximum atomic E-state index is 4.63. The largest absolute Gasteiger partial charge is 0.368 e. The van der Waals surface area contributed by atoms with Gasteiger partial charge in [-0.25, -0.2) is 4.98 Å². The molecule has 4 aromatic rings. The van der Waals surface area contributed by atoms with Gasteiger partial charge in [0.15, 0.2) is 5.65 Å². The lowest BCUT2D eigenvalue weighted by Gasteiger charge is -2.35. The van der Waals surface area contributed by atoms with Gasteiger partial charge >= 0.3 is 0 Å². The van der Waals surface area contributed by atoms with Crippen molar-refractivity contribution in [2.45, 2.75) is 20.4 Å². The molecule has 1 aliphatic heterocycles. The van der Waals surface area contributed by atoms with Gasteiger partial charge in [0, 0.05) is 84.8 Å². The predicted octanol–water partition coefficient (Wildman–Crippen LogP) is 4.21. The van der Waals surface area contributed by atoms with Crippen molar-refractivity contribution in [2.24, 2.45) is 0 Å². The maximum absolute atomic E-state index is 4.63. The first kappa shape index (κ1) is 24.0. The second-order valence-electron chi connectivity index (χ2n) is 9.36. The summed E-state index contributed by atoms with van der Waals surface area (Å²) in [7, 11) is 2.17. The van der Waals surface area contributed by atoms with E-state index in [1.165, 1.54) is 11.3 Å². The van der Waals surface area contributed by atoms with Crippen molar-refractivity contribution in [3.63, 3.8) is 0 Å². The molecule has 0 atom stereocenters. The molecular weight excluding hydrogens is 448 g/mol. The van der Waals surface area contributed by atoms with Gasteiger partial charge in [-0.15, -0.1) is 0 Å². The van der Waals surface area contributed by atoms with Crippen LogP contribution in [0.2, 0.25) is 0 Å². The number of rotatable bonds is 8. The van der Waals surface area contributed by atoms with Crippen LogP contribution < -0.4 is 5.32 Å². The molecule has 36 heavy (non-hydrogen) atoms. The number of hydrogen-bond donors (Lipinski definition) is 3. The molecule has 0 unspecified atom stereocenters. The molecule has 5 heterocycles. The van der Waals surface area contributed by atoms with Gasteiger partial charge in [-0.2, -0.15) is 5.10 Å². The third kappa shape index (κ3) is 4.82. The van der Waals surface area contributed by atoms with Crippen molar-refractivity contribution in [1.82, 2.24) is 40.3 Å². The molecule has 1 aliphatic rings. The maximum Gasteiger partial charge on any atom is 0.181 e. The summed E-state index contributed by atoms with van der Waals surface area (Å²) >= 11 is 0. The van der Waals surface area contributed by atoms with Crippen LogP contribution in [0.3, 0.4) is 0 Å². The first-order chi connectivity index (χ1) is 17.6. The molecular formula is C28H34N8. The number of aromatic amines is 2. The van der Waals surface area contributed by atoms with E-state index < -0.39 is 0 Å². The zero-order valence-electron chi connectivity index (χ0n) is 21.3. The van der Waals surface area contributed by atoms with Gasteiger partial charge in [0.05, 0.1) is 11.4 Å². The Balaban J connectivity index is 1.50. The van der Waals surface area contributed by atoms with Gasteiger partial charge < -0.3 is 20.1 Å². The van der Waals surface area contributed by atoms with Crippen molar-refractivity contribution in [1.29, 1.82) is 0 Å². The van der Waals surface area contributed by atoms with Gasteiger partial charge in [-0.05, 0) is 50.4 Å². The number of allylic oxidation sites excluding steroid dienone is 2. The molecule has 0 bridgehead atoms. The molecule has 0 amide bonds. The fourth-order valence-electron chi connectivity index (χ4n) is 4.76. The number of hydrogen-bond acceptors (Lipinski definition) is 6. The topological polar surface area (TPSA) is 88.8 Å². The van der Waals surface area contributed by atoms with E-state index >= 15 is 0 Å².